The Balaban J connectivity index is 3.66. The van der Waals surface area contributed by atoms with Crippen LogP contribution in [0.3, 0.4) is 0 Å². The third-order valence-electron chi connectivity index (χ3n) is 2.03. The summed E-state index contributed by atoms with van der Waals surface area (Å²) >= 11 is 0. The van der Waals surface area contributed by atoms with Crippen molar-refractivity contribution in [2.24, 2.45) is 0 Å². The fourth-order valence-electron chi connectivity index (χ4n) is 1.41. The molecule has 0 fully saturated rings. The highest BCUT2D eigenvalue weighted by Crippen LogP contribution is 2.27. The van der Waals surface area contributed by atoms with E-state index in [1.807, 2.05) is 0 Å². The average Bonchev–Trinajstić information content (AvgIpc) is 2.00. The maximum absolute atomic E-state index is 11.0. The Hall–Kier alpha value is -1.47. The van der Waals surface area contributed by atoms with E-state index < -0.39 is 19.9 Å². The number of hydrogen-bond acceptors (Lipinski definition) is 4. The molecule has 0 spiro atoms. The fraction of sp³-hybridized carbons (Fsp3) is 0.250. The van der Waals surface area contributed by atoms with Crippen molar-refractivity contribution in [1.29, 1.82) is 0 Å². The van der Waals surface area contributed by atoms with Gasteiger partial charge in [0.1, 0.15) is 4.90 Å². The molecule has 1 rings (SSSR count). The number of nitrogens with zero attached hydrogens (tertiary/aromatic N) is 1. The average molecular weight is 231 g/mol. The highest BCUT2D eigenvalue weighted by Gasteiger charge is 2.23. The zero-order chi connectivity index (χ0) is 11.8. The quantitative estimate of drug-likeness (QED) is 0.472. The van der Waals surface area contributed by atoms with Gasteiger partial charge in [-0.25, -0.2) is 0 Å². The molecule has 15 heavy (non-hydrogen) atoms. The van der Waals surface area contributed by atoms with Crippen LogP contribution in [-0.4, -0.2) is 17.9 Å². The largest absolute Gasteiger partial charge is 0.295 e. The molecule has 82 valence electrons. The first-order chi connectivity index (χ1) is 6.75. The second-order valence-electron chi connectivity index (χ2n) is 3.09. The predicted octanol–water partition coefficient (Wildman–Crippen LogP) is 1.46. The molecule has 0 saturated heterocycles. The molecule has 1 aromatic rings. The van der Waals surface area contributed by atoms with E-state index >= 15 is 0 Å². The summed E-state index contributed by atoms with van der Waals surface area (Å²) in [6, 6.07) is 2.49. The Kier molecular flexibility index (Phi) is 2.78. The summed E-state index contributed by atoms with van der Waals surface area (Å²) in [6.45, 7) is 2.74. The molecule has 1 N–H and O–H groups in total. The van der Waals surface area contributed by atoms with E-state index in [0.717, 1.165) is 0 Å². The lowest BCUT2D eigenvalue weighted by atomic mass is 10.1. The van der Waals surface area contributed by atoms with Crippen molar-refractivity contribution in [1.82, 2.24) is 0 Å². The summed E-state index contributed by atoms with van der Waals surface area (Å²) < 4.78 is 30.9. The topological polar surface area (TPSA) is 97.5 Å². The molecule has 0 aliphatic rings. The molecule has 0 bridgehead atoms. The van der Waals surface area contributed by atoms with Gasteiger partial charge in [-0.2, -0.15) is 8.42 Å². The van der Waals surface area contributed by atoms with Crippen molar-refractivity contribution in [3.05, 3.63) is 33.4 Å². The van der Waals surface area contributed by atoms with Gasteiger partial charge < -0.3 is 0 Å². The summed E-state index contributed by atoms with van der Waals surface area (Å²) in [5, 5.41) is 10.5. The Bertz CT molecular complexity index is 520. The van der Waals surface area contributed by atoms with Crippen LogP contribution in [0.25, 0.3) is 0 Å². The third kappa shape index (κ3) is 2.13. The lowest BCUT2D eigenvalue weighted by molar-refractivity contribution is -0.385. The van der Waals surface area contributed by atoms with Gasteiger partial charge in [0.2, 0.25) is 0 Å². The van der Waals surface area contributed by atoms with Crippen LogP contribution in [0.4, 0.5) is 5.69 Å². The molecular formula is C8H9NO5S. The van der Waals surface area contributed by atoms with E-state index in [1.165, 1.54) is 26.0 Å². The van der Waals surface area contributed by atoms with Gasteiger partial charge in [-0.05, 0) is 19.4 Å². The van der Waals surface area contributed by atoms with Crippen LogP contribution in [0.5, 0.6) is 0 Å². The number of nitro benzene ring substituents is 1. The summed E-state index contributed by atoms with van der Waals surface area (Å²) in [5.41, 5.74) is -0.101. The minimum atomic E-state index is -4.42. The zero-order valence-corrected chi connectivity index (χ0v) is 8.91. The summed E-state index contributed by atoms with van der Waals surface area (Å²) in [7, 11) is -4.42. The standard InChI is InChI=1S/C8H9NO5S/c1-5-3-4-7(9(10)11)6(2)8(5)15(12,13)14/h3-4H,1-2H3,(H,12,13,14). The number of aryl methyl sites for hydroxylation is 1. The molecule has 0 unspecified atom stereocenters. The minimum Gasteiger partial charge on any atom is -0.282 e. The zero-order valence-electron chi connectivity index (χ0n) is 8.09. The van der Waals surface area contributed by atoms with E-state index in [-0.39, 0.29) is 16.8 Å². The molecule has 0 aromatic heterocycles. The number of rotatable bonds is 2. The van der Waals surface area contributed by atoms with Gasteiger partial charge in [0.05, 0.1) is 4.92 Å². The molecule has 6 nitrogen and oxygen atoms in total. The van der Waals surface area contributed by atoms with Gasteiger partial charge >= 0.3 is 0 Å². The molecule has 0 amide bonds. The Morgan fingerprint density at radius 1 is 1.33 bits per heavy atom. The van der Waals surface area contributed by atoms with Crippen LogP contribution in [0.1, 0.15) is 11.1 Å². The van der Waals surface area contributed by atoms with Gasteiger partial charge in [-0.15, -0.1) is 0 Å². The maximum atomic E-state index is 11.0. The van der Waals surface area contributed by atoms with Crippen LogP contribution >= 0.6 is 0 Å². The molecule has 0 aliphatic heterocycles. The van der Waals surface area contributed by atoms with Crippen molar-refractivity contribution < 1.29 is 17.9 Å². The first kappa shape index (κ1) is 11.6. The van der Waals surface area contributed by atoms with E-state index in [1.54, 1.807) is 0 Å². The Morgan fingerprint density at radius 3 is 2.27 bits per heavy atom. The molecular weight excluding hydrogens is 222 g/mol. The van der Waals surface area contributed by atoms with Crippen LogP contribution < -0.4 is 0 Å². The van der Waals surface area contributed by atoms with Crippen molar-refractivity contribution in [2.45, 2.75) is 18.7 Å². The second-order valence-corrected chi connectivity index (χ2v) is 4.45. The normalized spacial score (nSPS) is 11.4. The van der Waals surface area contributed by atoms with Crippen molar-refractivity contribution in [3.63, 3.8) is 0 Å². The lowest BCUT2D eigenvalue weighted by Gasteiger charge is -2.06. The summed E-state index contributed by atoms with van der Waals surface area (Å²) in [4.78, 5) is 9.46. The smallest absolute Gasteiger partial charge is 0.282 e. The maximum Gasteiger partial charge on any atom is 0.295 e. The van der Waals surface area contributed by atoms with Gasteiger partial charge in [0.15, 0.2) is 0 Å². The van der Waals surface area contributed by atoms with E-state index in [9.17, 15) is 18.5 Å². The van der Waals surface area contributed by atoms with E-state index in [4.69, 9.17) is 4.55 Å². The predicted molar refractivity (Wildman–Crippen MR) is 52.4 cm³/mol. The number of benzene rings is 1. The van der Waals surface area contributed by atoms with Gasteiger partial charge in [-0.1, -0.05) is 6.07 Å². The number of hydrogen-bond donors (Lipinski definition) is 1. The first-order valence-electron chi connectivity index (χ1n) is 3.97. The highest BCUT2D eigenvalue weighted by atomic mass is 32.2. The van der Waals surface area contributed by atoms with Gasteiger partial charge in [0.25, 0.3) is 15.8 Å². The van der Waals surface area contributed by atoms with Crippen LogP contribution in [0, 0.1) is 24.0 Å². The van der Waals surface area contributed by atoms with Crippen LogP contribution in [0.2, 0.25) is 0 Å². The van der Waals surface area contributed by atoms with Gasteiger partial charge in [-0.3, -0.25) is 14.7 Å². The van der Waals surface area contributed by atoms with Gasteiger partial charge in [0, 0.05) is 11.6 Å². The van der Waals surface area contributed by atoms with E-state index in [0.29, 0.717) is 0 Å². The Labute approximate surface area is 86.4 Å². The molecule has 0 heterocycles. The van der Waals surface area contributed by atoms with Crippen molar-refractivity contribution >= 4 is 15.8 Å². The first-order valence-corrected chi connectivity index (χ1v) is 5.41. The lowest BCUT2D eigenvalue weighted by Crippen LogP contribution is -2.06. The molecule has 0 radical (unpaired) electrons. The van der Waals surface area contributed by atoms with Crippen molar-refractivity contribution in [2.75, 3.05) is 0 Å². The molecule has 0 saturated carbocycles. The molecule has 0 atom stereocenters. The summed E-state index contributed by atoms with van der Waals surface area (Å²) in [5.74, 6) is 0. The minimum absolute atomic E-state index is 0.0532. The SMILES string of the molecule is Cc1ccc([N+](=O)[O-])c(C)c1S(=O)(=O)O. The van der Waals surface area contributed by atoms with Crippen LogP contribution in [0.15, 0.2) is 17.0 Å². The highest BCUT2D eigenvalue weighted by molar-refractivity contribution is 7.86. The Morgan fingerprint density at radius 2 is 1.87 bits per heavy atom. The third-order valence-corrected chi connectivity index (χ3v) is 3.17. The molecule has 1 aromatic carbocycles. The van der Waals surface area contributed by atoms with Crippen molar-refractivity contribution in [3.8, 4) is 0 Å². The van der Waals surface area contributed by atoms with Crippen LogP contribution in [-0.2, 0) is 10.1 Å². The second kappa shape index (κ2) is 3.59. The van der Waals surface area contributed by atoms with E-state index in [2.05, 4.69) is 0 Å². The monoisotopic (exact) mass is 231 g/mol. The fourth-order valence-corrected chi connectivity index (χ4v) is 2.38. The summed E-state index contributed by atoms with van der Waals surface area (Å²) in [6.07, 6.45) is 0. The number of nitro groups is 1. The molecule has 0 aliphatic carbocycles. The molecule has 7 heteroatoms.